The van der Waals surface area contributed by atoms with Crippen LogP contribution in [0.3, 0.4) is 0 Å². The average Bonchev–Trinajstić information content (AvgIpc) is 3.18. The molecule has 0 bridgehead atoms. The first-order valence-electron chi connectivity index (χ1n) is 9.55. The Morgan fingerprint density at radius 1 is 0.903 bits per heavy atom. The van der Waals surface area contributed by atoms with Gasteiger partial charge in [0.15, 0.2) is 14.2 Å². The summed E-state index contributed by atoms with van der Waals surface area (Å²) in [4.78, 5) is 6.04. The zero-order chi connectivity index (χ0) is 22.0. The van der Waals surface area contributed by atoms with Crippen LogP contribution in [-0.2, 0) is 15.6 Å². The Balaban J connectivity index is 1.70. The fourth-order valence-corrected chi connectivity index (χ4v) is 5.80. The maximum Gasteiger partial charge on any atom is 0.175 e. The predicted molar refractivity (Wildman–Crippen MR) is 127 cm³/mol. The molecule has 3 aromatic carbocycles. The number of aromatic nitrogens is 1. The molecule has 0 aliphatic rings. The Morgan fingerprint density at radius 3 is 2.13 bits per heavy atom. The molecule has 4 rings (SSSR count). The normalized spacial score (nSPS) is 11.6. The second-order valence-corrected chi connectivity index (χ2v) is 11.5. The topological polar surface area (TPSA) is 47.0 Å². The summed E-state index contributed by atoms with van der Waals surface area (Å²) in [6.07, 6.45) is 1.19. The summed E-state index contributed by atoms with van der Waals surface area (Å²) in [5.74, 6) is 0.504. The van der Waals surface area contributed by atoms with E-state index in [4.69, 9.17) is 4.98 Å². The van der Waals surface area contributed by atoms with Gasteiger partial charge in [0.1, 0.15) is 5.82 Å². The van der Waals surface area contributed by atoms with Crippen LogP contribution < -0.4 is 0 Å². The summed E-state index contributed by atoms with van der Waals surface area (Å²) in [6, 6.07) is 21.5. The number of benzene rings is 3. The van der Waals surface area contributed by atoms with Gasteiger partial charge in [-0.05, 0) is 42.3 Å². The van der Waals surface area contributed by atoms with E-state index < -0.39 is 9.84 Å². The van der Waals surface area contributed by atoms with Crippen LogP contribution in [0.25, 0.3) is 21.7 Å². The van der Waals surface area contributed by atoms with Crippen molar-refractivity contribution in [2.75, 3.05) is 6.26 Å². The lowest BCUT2D eigenvalue weighted by molar-refractivity contribution is 0.602. The van der Waals surface area contributed by atoms with Crippen molar-refractivity contribution in [1.82, 2.24) is 4.98 Å². The summed E-state index contributed by atoms with van der Waals surface area (Å²) in [7, 11) is -3.27. The number of halogens is 1. The van der Waals surface area contributed by atoms with Crippen LogP contribution in [0.5, 0.6) is 0 Å². The molecule has 3 nitrogen and oxygen atoms in total. The van der Waals surface area contributed by atoms with E-state index in [0.29, 0.717) is 0 Å². The Labute approximate surface area is 189 Å². The number of aryl methyl sites for hydroxylation is 1. The highest BCUT2D eigenvalue weighted by Gasteiger charge is 2.17. The minimum atomic E-state index is -3.27. The van der Waals surface area contributed by atoms with Gasteiger partial charge in [-0.15, -0.1) is 11.3 Å². The first kappa shape index (κ1) is 21.7. The van der Waals surface area contributed by atoms with E-state index in [0.717, 1.165) is 31.8 Å². The fourth-order valence-electron chi connectivity index (χ4n) is 3.04. The Morgan fingerprint density at radius 2 is 1.52 bits per heavy atom. The van der Waals surface area contributed by atoms with Crippen molar-refractivity contribution in [1.29, 1.82) is 0 Å². The third-order valence-corrected chi connectivity index (χ3v) is 8.20. The van der Waals surface area contributed by atoms with Gasteiger partial charge >= 0.3 is 0 Å². The molecule has 0 radical (unpaired) electrons. The Hall–Kier alpha value is -2.48. The van der Waals surface area contributed by atoms with E-state index in [1.807, 2.05) is 0 Å². The van der Waals surface area contributed by atoms with E-state index in [9.17, 15) is 12.8 Å². The highest BCUT2D eigenvalue weighted by molar-refractivity contribution is 8.00. The first-order chi connectivity index (χ1) is 14.8. The van der Waals surface area contributed by atoms with Crippen molar-refractivity contribution < 1.29 is 12.8 Å². The lowest BCUT2D eigenvalue weighted by atomic mass is 10.1. The summed E-state index contributed by atoms with van der Waals surface area (Å²) in [6.45, 7) is 2.06. The van der Waals surface area contributed by atoms with Crippen molar-refractivity contribution in [3.8, 4) is 21.7 Å². The molecule has 0 aliphatic carbocycles. The number of thioether (sulfide) groups is 1. The van der Waals surface area contributed by atoms with Gasteiger partial charge in [-0.25, -0.2) is 17.8 Å². The van der Waals surface area contributed by atoms with Gasteiger partial charge in [0.25, 0.3) is 0 Å². The van der Waals surface area contributed by atoms with Gasteiger partial charge in [0, 0.05) is 17.6 Å². The summed E-state index contributed by atoms with van der Waals surface area (Å²) >= 11 is 3.21. The quantitative estimate of drug-likeness (QED) is 0.298. The molecule has 4 aromatic rings. The number of rotatable bonds is 6. The van der Waals surface area contributed by atoms with Crippen LogP contribution in [0.1, 0.15) is 11.1 Å². The van der Waals surface area contributed by atoms with Crippen molar-refractivity contribution in [2.24, 2.45) is 0 Å². The molecule has 1 aromatic heterocycles. The molecule has 0 amide bonds. The largest absolute Gasteiger partial charge is 0.229 e. The predicted octanol–water partition coefficient (Wildman–Crippen LogP) is 6.62. The summed E-state index contributed by atoms with van der Waals surface area (Å²) < 4.78 is 37.9. The third kappa shape index (κ3) is 5.23. The highest BCUT2D eigenvalue weighted by Crippen LogP contribution is 2.41. The molecule has 31 heavy (non-hydrogen) atoms. The molecule has 0 N–H and O–H groups in total. The van der Waals surface area contributed by atoms with Crippen molar-refractivity contribution in [2.45, 2.75) is 21.9 Å². The molecule has 0 saturated carbocycles. The van der Waals surface area contributed by atoms with Gasteiger partial charge in [-0.1, -0.05) is 65.9 Å². The lowest BCUT2D eigenvalue weighted by Gasteiger charge is -2.04. The van der Waals surface area contributed by atoms with E-state index >= 15 is 0 Å². The summed E-state index contributed by atoms with van der Waals surface area (Å²) in [5, 5.41) is 0. The molecular weight excluding hydrogens is 449 g/mol. The molecule has 0 fully saturated rings. The van der Waals surface area contributed by atoms with Crippen LogP contribution in [0.4, 0.5) is 4.39 Å². The van der Waals surface area contributed by atoms with E-state index in [2.05, 4.69) is 31.2 Å². The number of hydrogen-bond acceptors (Lipinski definition) is 5. The van der Waals surface area contributed by atoms with Crippen LogP contribution in [0.2, 0.25) is 0 Å². The van der Waals surface area contributed by atoms with E-state index in [1.165, 1.54) is 29.5 Å². The molecular formula is C24H20FNO2S3. The third-order valence-electron chi connectivity index (χ3n) is 4.75. The monoisotopic (exact) mass is 469 g/mol. The van der Waals surface area contributed by atoms with Gasteiger partial charge < -0.3 is 0 Å². The van der Waals surface area contributed by atoms with Gasteiger partial charge in [0.05, 0.1) is 15.5 Å². The number of hydrogen-bond donors (Lipinski definition) is 0. The lowest BCUT2D eigenvalue weighted by Crippen LogP contribution is -1.96. The second kappa shape index (κ2) is 8.94. The van der Waals surface area contributed by atoms with Gasteiger partial charge in [-0.2, -0.15) is 0 Å². The van der Waals surface area contributed by atoms with E-state index in [1.54, 1.807) is 59.5 Å². The van der Waals surface area contributed by atoms with Gasteiger partial charge in [0.2, 0.25) is 0 Å². The SMILES string of the molecule is Cc1ccc(CSc2nc(-c3ccc(S(C)(=O)=O)cc3)c(-c3ccc(F)cc3)s2)cc1. The Kier molecular flexibility index (Phi) is 6.27. The Bertz CT molecular complexity index is 1290. The van der Waals surface area contributed by atoms with Crippen LogP contribution in [0, 0.1) is 12.7 Å². The second-order valence-electron chi connectivity index (χ2n) is 7.24. The summed E-state index contributed by atoms with van der Waals surface area (Å²) in [5.41, 5.74) is 4.91. The van der Waals surface area contributed by atoms with Crippen molar-refractivity contribution >= 4 is 32.9 Å². The minimum Gasteiger partial charge on any atom is -0.229 e. The zero-order valence-corrected chi connectivity index (χ0v) is 19.5. The minimum absolute atomic E-state index is 0.267. The maximum atomic E-state index is 13.5. The number of nitrogens with zero attached hydrogens (tertiary/aromatic N) is 1. The highest BCUT2D eigenvalue weighted by atomic mass is 32.2. The fraction of sp³-hybridized carbons (Fsp3) is 0.125. The molecule has 158 valence electrons. The van der Waals surface area contributed by atoms with Crippen LogP contribution in [0.15, 0.2) is 82.0 Å². The average molecular weight is 470 g/mol. The molecule has 7 heteroatoms. The first-order valence-corrected chi connectivity index (χ1v) is 13.2. The maximum absolute atomic E-state index is 13.5. The van der Waals surface area contributed by atoms with Crippen molar-refractivity contribution in [3.05, 3.63) is 89.7 Å². The molecule has 0 saturated heterocycles. The number of thiazole rings is 1. The van der Waals surface area contributed by atoms with E-state index in [-0.39, 0.29) is 10.7 Å². The molecule has 0 atom stereocenters. The number of sulfone groups is 1. The van der Waals surface area contributed by atoms with Crippen LogP contribution in [-0.4, -0.2) is 19.7 Å². The zero-order valence-electron chi connectivity index (χ0n) is 17.0. The van der Waals surface area contributed by atoms with Crippen LogP contribution >= 0.6 is 23.1 Å². The molecule has 0 spiro atoms. The molecule has 0 unspecified atom stereocenters. The van der Waals surface area contributed by atoms with Gasteiger partial charge in [-0.3, -0.25) is 0 Å². The van der Waals surface area contributed by atoms with Crippen molar-refractivity contribution in [3.63, 3.8) is 0 Å². The smallest absolute Gasteiger partial charge is 0.175 e. The molecule has 1 heterocycles. The standard InChI is InChI=1S/C24H20FNO2S3/c1-16-3-5-17(6-4-16)15-29-24-26-22(18-9-13-21(14-10-18)31(2,27)28)23(30-24)19-7-11-20(25)12-8-19/h3-14H,15H2,1-2H3. The molecule has 0 aliphatic heterocycles.